The van der Waals surface area contributed by atoms with Crippen molar-refractivity contribution < 1.29 is 18.0 Å². The number of hydrogen-bond acceptors (Lipinski definition) is 3. The van der Waals surface area contributed by atoms with Crippen LogP contribution in [0.15, 0.2) is 60.9 Å². The molecule has 0 saturated carbocycles. The van der Waals surface area contributed by atoms with Crippen LogP contribution in [0.3, 0.4) is 0 Å². The van der Waals surface area contributed by atoms with Crippen LogP contribution in [0.25, 0.3) is 11.1 Å². The van der Waals surface area contributed by atoms with Crippen molar-refractivity contribution in [3.8, 4) is 16.9 Å². The molecule has 1 atom stereocenters. The van der Waals surface area contributed by atoms with Gasteiger partial charge in [0.05, 0.1) is 8.94 Å². The van der Waals surface area contributed by atoms with E-state index in [-0.39, 0.29) is 18.1 Å². The molecule has 1 saturated heterocycles. The van der Waals surface area contributed by atoms with Crippen LogP contribution >= 0.6 is 0 Å². The minimum atomic E-state index is -2.07. The van der Waals surface area contributed by atoms with Crippen molar-refractivity contribution in [2.75, 3.05) is 11.4 Å². The van der Waals surface area contributed by atoms with Gasteiger partial charge < -0.3 is 9.64 Å². The largest absolute Gasteiger partial charge is 0.487 e. The van der Waals surface area contributed by atoms with Crippen LogP contribution in [-0.4, -0.2) is 17.4 Å². The van der Waals surface area contributed by atoms with Gasteiger partial charge in [-0.2, -0.15) is 0 Å². The number of carbonyl (C=O) groups excluding carboxylic acids is 1. The Bertz CT molecular complexity index is 1190. The molecule has 140 valence electrons. The Labute approximate surface area is 166 Å². The standard InChI is InChI=1S/C23H19FN2O2/c24-18-3-1-15(2-4-18)11-16-8-10-26(23(16)27)19-5-6-20-17(12-19)14-28-22-13-25-9-7-21(20)22/h1-7,9,12-13,16H,8,10-11,14H2/i14D2,16D. The molecule has 0 N–H and O–H groups in total. The minimum absolute atomic E-state index is 0.192. The number of anilines is 1. The van der Waals surface area contributed by atoms with E-state index in [0.29, 0.717) is 35.5 Å². The Morgan fingerprint density at radius 2 is 2.07 bits per heavy atom. The molecule has 5 rings (SSSR count). The van der Waals surface area contributed by atoms with Gasteiger partial charge >= 0.3 is 0 Å². The Hall–Kier alpha value is -3.21. The highest BCUT2D eigenvalue weighted by Gasteiger charge is 2.33. The Balaban J connectivity index is 1.47. The van der Waals surface area contributed by atoms with E-state index < -0.39 is 12.5 Å². The Morgan fingerprint density at radius 3 is 2.93 bits per heavy atom. The molecule has 0 bridgehead atoms. The molecule has 1 amide bonds. The normalized spacial score (nSPS) is 23.8. The number of ether oxygens (including phenoxy) is 1. The van der Waals surface area contributed by atoms with Gasteiger partial charge in [-0.1, -0.05) is 18.2 Å². The number of aromatic nitrogens is 1. The third-order valence-corrected chi connectivity index (χ3v) is 5.18. The molecule has 2 aromatic carbocycles. The summed E-state index contributed by atoms with van der Waals surface area (Å²) in [7, 11) is 0. The second kappa shape index (κ2) is 6.75. The van der Waals surface area contributed by atoms with Gasteiger partial charge in [-0.15, -0.1) is 0 Å². The fourth-order valence-corrected chi connectivity index (χ4v) is 3.72. The van der Waals surface area contributed by atoms with Crippen molar-refractivity contribution in [3.63, 3.8) is 0 Å². The number of pyridine rings is 1. The summed E-state index contributed by atoms with van der Waals surface area (Å²) in [6, 6.07) is 12.8. The molecule has 0 aliphatic carbocycles. The number of nitrogens with zero attached hydrogens (tertiary/aromatic N) is 2. The second-order valence-electron chi connectivity index (χ2n) is 6.92. The number of carbonyl (C=O) groups is 1. The molecule has 4 nitrogen and oxygen atoms in total. The molecule has 3 aromatic rings. The van der Waals surface area contributed by atoms with Gasteiger partial charge in [-0.25, -0.2) is 4.39 Å². The molecule has 5 heteroatoms. The Kier molecular flexibility index (Phi) is 3.35. The molecule has 3 heterocycles. The van der Waals surface area contributed by atoms with Crippen molar-refractivity contribution in [1.29, 1.82) is 0 Å². The quantitative estimate of drug-likeness (QED) is 0.680. The number of amides is 1. The summed E-state index contributed by atoms with van der Waals surface area (Å²) in [5.74, 6) is -1.68. The second-order valence-corrected chi connectivity index (χ2v) is 6.92. The maximum atomic E-state index is 13.2. The molecular formula is C23H19FN2O2. The third-order valence-electron chi connectivity index (χ3n) is 5.18. The molecule has 0 spiro atoms. The molecule has 0 radical (unpaired) electrons. The highest BCUT2D eigenvalue weighted by molar-refractivity contribution is 5.97. The first-order valence-corrected chi connectivity index (χ1v) is 9.11. The zero-order valence-corrected chi connectivity index (χ0v) is 15.0. The summed E-state index contributed by atoms with van der Waals surface area (Å²) in [6.07, 6.45) is 3.63. The molecule has 1 fully saturated rings. The average molecular weight is 377 g/mol. The topological polar surface area (TPSA) is 42.4 Å². The summed E-state index contributed by atoms with van der Waals surface area (Å²) in [4.78, 5) is 18.7. The number of benzene rings is 2. The van der Waals surface area contributed by atoms with Crippen LogP contribution in [-0.2, 0) is 17.8 Å². The average Bonchev–Trinajstić information content (AvgIpc) is 3.04. The van der Waals surface area contributed by atoms with E-state index in [1.807, 2.05) is 0 Å². The zero-order chi connectivity index (χ0) is 21.8. The van der Waals surface area contributed by atoms with Crippen LogP contribution in [0.1, 0.15) is 21.7 Å². The van der Waals surface area contributed by atoms with Crippen molar-refractivity contribution in [3.05, 3.63) is 77.9 Å². The van der Waals surface area contributed by atoms with Crippen LogP contribution < -0.4 is 9.64 Å². The predicted molar refractivity (Wildman–Crippen MR) is 105 cm³/mol. The van der Waals surface area contributed by atoms with Crippen molar-refractivity contribution in [2.45, 2.75) is 19.4 Å². The van der Waals surface area contributed by atoms with E-state index in [1.165, 1.54) is 23.2 Å². The minimum Gasteiger partial charge on any atom is -0.487 e. The zero-order valence-electron chi connectivity index (χ0n) is 18.0. The van der Waals surface area contributed by atoms with E-state index in [4.69, 9.17) is 8.85 Å². The van der Waals surface area contributed by atoms with Gasteiger partial charge in [0.15, 0.2) is 0 Å². The van der Waals surface area contributed by atoms with Crippen LogP contribution in [0.4, 0.5) is 10.1 Å². The highest BCUT2D eigenvalue weighted by atomic mass is 19.1. The van der Waals surface area contributed by atoms with Crippen molar-refractivity contribution >= 4 is 11.6 Å². The summed E-state index contributed by atoms with van der Waals surface area (Å²) in [5.41, 5.74) is 3.02. The molecular weight excluding hydrogens is 355 g/mol. The highest BCUT2D eigenvalue weighted by Crippen LogP contribution is 2.39. The lowest BCUT2D eigenvalue weighted by molar-refractivity contribution is -0.120. The lowest BCUT2D eigenvalue weighted by Crippen LogP contribution is -2.28. The van der Waals surface area contributed by atoms with Crippen molar-refractivity contribution in [2.24, 2.45) is 5.89 Å². The van der Waals surface area contributed by atoms with E-state index >= 15 is 0 Å². The van der Waals surface area contributed by atoms with Gasteiger partial charge in [-0.3, -0.25) is 9.78 Å². The number of rotatable bonds is 3. The van der Waals surface area contributed by atoms with Crippen molar-refractivity contribution in [1.82, 2.24) is 4.98 Å². The van der Waals surface area contributed by atoms with Crippen LogP contribution in [0.2, 0.25) is 0 Å². The lowest BCUT2D eigenvalue weighted by Gasteiger charge is -2.23. The van der Waals surface area contributed by atoms with Gasteiger partial charge in [0, 0.05) is 31.3 Å². The summed E-state index contributed by atoms with van der Waals surface area (Å²) < 4.78 is 44.1. The Morgan fingerprint density at radius 1 is 1.21 bits per heavy atom. The predicted octanol–water partition coefficient (Wildman–Crippen LogP) is 4.38. The van der Waals surface area contributed by atoms with Gasteiger partial charge in [0.1, 0.15) is 18.1 Å². The maximum absolute atomic E-state index is 13.2. The van der Waals surface area contributed by atoms with Gasteiger partial charge in [0.25, 0.3) is 0 Å². The molecule has 1 unspecified atom stereocenters. The van der Waals surface area contributed by atoms with E-state index in [1.54, 1.807) is 42.6 Å². The lowest BCUT2D eigenvalue weighted by atomic mass is 9.97. The van der Waals surface area contributed by atoms with Crippen LogP contribution in [0.5, 0.6) is 5.75 Å². The first-order valence-electron chi connectivity index (χ1n) is 10.6. The van der Waals surface area contributed by atoms with Gasteiger partial charge in [0.2, 0.25) is 5.91 Å². The first-order chi connectivity index (χ1) is 14.8. The summed E-state index contributed by atoms with van der Waals surface area (Å²) in [6.45, 7) is -1.72. The smallest absolute Gasteiger partial charge is 0.230 e. The SMILES string of the molecule is [2H]C1(Cc2ccc(F)cc2)CCN(c2ccc3c(c2)C([2H])([2H])Oc2cnccc2-3)C1=O. The number of halogens is 1. The van der Waals surface area contributed by atoms with Crippen LogP contribution in [0, 0.1) is 11.7 Å². The summed E-state index contributed by atoms with van der Waals surface area (Å²) in [5, 5.41) is 0. The molecule has 2 aliphatic heterocycles. The summed E-state index contributed by atoms with van der Waals surface area (Å²) >= 11 is 0. The maximum Gasteiger partial charge on any atom is 0.230 e. The van der Waals surface area contributed by atoms with E-state index in [2.05, 4.69) is 4.98 Å². The monoisotopic (exact) mass is 377 g/mol. The fourth-order valence-electron chi connectivity index (χ4n) is 3.72. The number of fused-ring (bicyclic) bond motifs is 3. The number of hydrogen-bond donors (Lipinski definition) is 0. The van der Waals surface area contributed by atoms with E-state index in [0.717, 1.165) is 11.1 Å². The third kappa shape index (κ3) is 2.93. The molecule has 2 aliphatic rings. The molecule has 1 aromatic heterocycles. The van der Waals surface area contributed by atoms with E-state index in [9.17, 15) is 9.18 Å². The first kappa shape index (κ1) is 13.9. The fraction of sp³-hybridized carbons (Fsp3) is 0.217. The van der Waals surface area contributed by atoms with Gasteiger partial charge in [-0.05, 0) is 59.9 Å². The molecule has 28 heavy (non-hydrogen) atoms.